The van der Waals surface area contributed by atoms with Gasteiger partial charge in [-0.05, 0) is 24.3 Å². The summed E-state index contributed by atoms with van der Waals surface area (Å²) in [6.07, 6.45) is 0. The van der Waals surface area contributed by atoms with Gasteiger partial charge in [0.2, 0.25) is 0 Å². The average molecular weight is 329 g/mol. The van der Waals surface area contributed by atoms with Gasteiger partial charge in [0.05, 0.1) is 10.6 Å². The van der Waals surface area contributed by atoms with Crippen LogP contribution in [0.25, 0.3) is 0 Å². The summed E-state index contributed by atoms with van der Waals surface area (Å²) >= 11 is 11.7. The van der Waals surface area contributed by atoms with Crippen molar-refractivity contribution in [1.82, 2.24) is 0 Å². The van der Waals surface area contributed by atoms with Crippen molar-refractivity contribution in [3.8, 4) is 5.75 Å². The second kappa shape index (κ2) is 6.65. The Balaban J connectivity index is 2.27. The summed E-state index contributed by atoms with van der Waals surface area (Å²) in [6, 6.07) is 9.08. The fourth-order valence-corrected chi connectivity index (χ4v) is 2.04. The minimum Gasteiger partial charge on any atom is -0.488 e. The first-order valence-corrected chi connectivity index (χ1v) is 6.61. The van der Waals surface area contributed by atoms with Gasteiger partial charge in [0.25, 0.3) is 0 Å². The lowest BCUT2D eigenvalue weighted by atomic mass is 10.2. The lowest BCUT2D eigenvalue weighted by molar-refractivity contribution is 0.302. The third-order valence-corrected chi connectivity index (χ3v) is 3.40. The molecule has 2 aromatic rings. The van der Waals surface area contributed by atoms with Gasteiger partial charge in [0.1, 0.15) is 18.2 Å². The van der Waals surface area contributed by atoms with E-state index in [9.17, 15) is 4.39 Å². The SMILES string of the molecule is N/C(=N/O)c1ccc(Cl)cc1OCc1cccc(F)c1Cl. The van der Waals surface area contributed by atoms with Crippen molar-refractivity contribution < 1.29 is 14.3 Å². The topological polar surface area (TPSA) is 67.8 Å². The molecule has 0 unspecified atom stereocenters. The Hall–Kier alpha value is -1.98. The van der Waals surface area contributed by atoms with Crippen LogP contribution < -0.4 is 10.5 Å². The summed E-state index contributed by atoms with van der Waals surface area (Å²) in [6.45, 7) is 0.0165. The lowest BCUT2D eigenvalue weighted by Crippen LogP contribution is -2.15. The zero-order valence-electron chi connectivity index (χ0n) is 10.7. The predicted octanol–water partition coefficient (Wildman–Crippen LogP) is 3.81. The first-order valence-electron chi connectivity index (χ1n) is 5.86. The van der Waals surface area contributed by atoms with Crippen LogP contribution in [0.1, 0.15) is 11.1 Å². The number of halogens is 3. The van der Waals surface area contributed by atoms with Gasteiger partial charge in [-0.3, -0.25) is 0 Å². The molecule has 7 heteroatoms. The van der Waals surface area contributed by atoms with Crippen molar-refractivity contribution in [3.63, 3.8) is 0 Å². The van der Waals surface area contributed by atoms with Gasteiger partial charge in [-0.2, -0.15) is 0 Å². The van der Waals surface area contributed by atoms with E-state index in [-0.39, 0.29) is 17.5 Å². The number of amidine groups is 1. The zero-order chi connectivity index (χ0) is 15.4. The molecule has 0 saturated carbocycles. The van der Waals surface area contributed by atoms with Crippen LogP contribution in [0.3, 0.4) is 0 Å². The highest BCUT2D eigenvalue weighted by Gasteiger charge is 2.11. The van der Waals surface area contributed by atoms with E-state index >= 15 is 0 Å². The molecule has 0 radical (unpaired) electrons. The van der Waals surface area contributed by atoms with E-state index in [1.54, 1.807) is 18.2 Å². The van der Waals surface area contributed by atoms with Crippen molar-refractivity contribution in [3.05, 3.63) is 63.4 Å². The minimum absolute atomic E-state index is 0.00937. The van der Waals surface area contributed by atoms with E-state index in [0.29, 0.717) is 21.9 Å². The highest BCUT2D eigenvalue weighted by molar-refractivity contribution is 6.31. The van der Waals surface area contributed by atoms with E-state index in [4.69, 9.17) is 38.9 Å². The molecule has 110 valence electrons. The van der Waals surface area contributed by atoms with Crippen LogP contribution in [0.2, 0.25) is 10.0 Å². The van der Waals surface area contributed by atoms with Crippen molar-refractivity contribution in [1.29, 1.82) is 0 Å². The Morgan fingerprint density at radius 3 is 2.76 bits per heavy atom. The van der Waals surface area contributed by atoms with E-state index in [1.165, 1.54) is 18.2 Å². The van der Waals surface area contributed by atoms with Crippen LogP contribution in [-0.2, 0) is 6.61 Å². The van der Waals surface area contributed by atoms with Crippen LogP contribution in [-0.4, -0.2) is 11.0 Å². The normalized spacial score (nSPS) is 11.5. The third-order valence-electron chi connectivity index (χ3n) is 2.74. The Morgan fingerprint density at radius 2 is 2.05 bits per heavy atom. The Labute approximate surface area is 130 Å². The number of oxime groups is 1. The number of nitrogens with zero attached hydrogens (tertiary/aromatic N) is 1. The fraction of sp³-hybridized carbons (Fsp3) is 0.0714. The van der Waals surface area contributed by atoms with Gasteiger partial charge in [0, 0.05) is 10.6 Å². The number of hydrogen-bond donors (Lipinski definition) is 2. The number of benzene rings is 2. The van der Waals surface area contributed by atoms with Crippen molar-refractivity contribution in [2.45, 2.75) is 6.61 Å². The van der Waals surface area contributed by atoms with Crippen LogP contribution >= 0.6 is 23.2 Å². The molecule has 0 saturated heterocycles. The Bertz CT molecular complexity index is 693. The Morgan fingerprint density at radius 1 is 1.29 bits per heavy atom. The third kappa shape index (κ3) is 3.56. The quantitative estimate of drug-likeness (QED) is 0.388. The number of nitrogens with two attached hydrogens (primary N) is 1. The van der Waals surface area contributed by atoms with Gasteiger partial charge < -0.3 is 15.7 Å². The van der Waals surface area contributed by atoms with Gasteiger partial charge in [-0.25, -0.2) is 4.39 Å². The highest BCUT2D eigenvalue weighted by Crippen LogP contribution is 2.26. The van der Waals surface area contributed by atoms with Gasteiger partial charge in [0.15, 0.2) is 5.84 Å². The van der Waals surface area contributed by atoms with E-state index in [0.717, 1.165) is 0 Å². The minimum atomic E-state index is -0.527. The number of hydrogen-bond acceptors (Lipinski definition) is 3. The summed E-state index contributed by atoms with van der Waals surface area (Å²) in [7, 11) is 0. The molecule has 21 heavy (non-hydrogen) atoms. The van der Waals surface area contributed by atoms with Gasteiger partial charge in [-0.15, -0.1) is 0 Å². The molecule has 0 aromatic heterocycles. The monoisotopic (exact) mass is 328 g/mol. The molecule has 2 rings (SSSR count). The Kier molecular flexibility index (Phi) is 4.88. The molecule has 2 aromatic carbocycles. The van der Waals surface area contributed by atoms with Crippen molar-refractivity contribution in [2.75, 3.05) is 0 Å². The highest BCUT2D eigenvalue weighted by atomic mass is 35.5. The van der Waals surface area contributed by atoms with Crippen LogP contribution in [0, 0.1) is 5.82 Å². The lowest BCUT2D eigenvalue weighted by Gasteiger charge is -2.12. The summed E-state index contributed by atoms with van der Waals surface area (Å²) in [5.41, 5.74) is 6.40. The number of rotatable bonds is 4. The van der Waals surface area contributed by atoms with E-state index in [1.807, 2.05) is 0 Å². The van der Waals surface area contributed by atoms with Crippen LogP contribution in [0.5, 0.6) is 5.75 Å². The number of ether oxygens (including phenoxy) is 1. The zero-order valence-corrected chi connectivity index (χ0v) is 12.2. The molecule has 4 nitrogen and oxygen atoms in total. The molecule has 0 atom stereocenters. The molecule has 0 amide bonds. The van der Waals surface area contributed by atoms with E-state index in [2.05, 4.69) is 5.16 Å². The summed E-state index contributed by atoms with van der Waals surface area (Å²) in [4.78, 5) is 0. The van der Waals surface area contributed by atoms with Gasteiger partial charge in [-0.1, -0.05) is 40.5 Å². The maximum absolute atomic E-state index is 13.4. The smallest absolute Gasteiger partial charge is 0.173 e. The van der Waals surface area contributed by atoms with E-state index < -0.39 is 5.82 Å². The molecule has 0 aliphatic heterocycles. The summed E-state index contributed by atoms with van der Waals surface area (Å²) in [5.74, 6) is -0.342. The largest absolute Gasteiger partial charge is 0.488 e. The van der Waals surface area contributed by atoms with Crippen LogP contribution in [0.4, 0.5) is 4.39 Å². The van der Waals surface area contributed by atoms with Crippen LogP contribution in [0.15, 0.2) is 41.6 Å². The molecule has 0 fully saturated rings. The maximum Gasteiger partial charge on any atom is 0.173 e. The molecule has 0 aliphatic carbocycles. The molecule has 3 N–H and O–H groups in total. The second-order valence-corrected chi connectivity index (χ2v) is 4.94. The van der Waals surface area contributed by atoms with Crippen molar-refractivity contribution >= 4 is 29.0 Å². The standard InChI is InChI=1S/C14H11Cl2FN2O2/c15-9-4-5-10(14(18)19-20)12(6-9)21-7-8-2-1-3-11(17)13(8)16/h1-6,20H,7H2,(H2,18,19). The molecular formula is C14H11Cl2FN2O2. The van der Waals surface area contributed by atoms with Crippen molar-refractivity contribution in [2.24, 2.45) is 10.9 Å². The van der Waals surface area contributed by atoms with Gasteiger partial charge >= 0.3 is 0 Å². The summed E-state index contributed by atoms with van der Waals surface area (Å²) < 4.78 is 18.9. The maximum atomic E-state index is 13.4. The second-order valence-electron chi connectivity index (χ2n) is 4.13. The molecular weight excluding hydrogens is 318 g/mol. The molecule has 0 heterocycles. The molecule has 0 aliphatic rings. The first-order chi connectivity index (χ1) is 10.0. The molecule has 0 bridgehead atoms. The fourth-order valence-electron chi connectivity index (χ4n) is 1.70. The average Bonchev–Trinajstić information content (AvgIpc) is 2.48. The first kappa shape index (κ1) is 15.4. The summed E-state index contributed by atoms with van der Waals surface area (Å²) in [5, 5.41) is 12.1. The predicted molar refractivity (Wildman–Crippen MR) is 79.7 cm³/mol. The molecule has 0 spiro atoms.